The third kappa shape index (κ3) is 1.35. The lowest BCUT2D eigenvalue weighted by Crippen LogP contribution is -2.59. The molecule has 1 fully saturated rings. The van der Waals surface area contributed by atoms with Crippen LogP contribution in [0.3, 0.4) is 0 Å². The van der Waals surface area contributed by atoms with Gasteiger partial charge in [0.25, 0.3) is 6.43 Å². The number of halogens is 2. The van der Waals surface area contributed by atoms with Gasteiger partial charge in [-0.1, -0.05) is 20.3 Å². The van der Waals surface area contributed by atoms with Gasteiger partial charge in [0.15, 0.2) is 0 Å². The Balaban J connectivity index is 2.80. The molecule has 1 rings (SSSR count). The Kier molecular flexibility index (Phi) is 2.71. The summed E-state index contributed by atoms with van der Waals surface area (Å²) in [5.41, 5.74) is 4.50. The van der Waals surface area contributed by atoms with Crippen molar-refractivity contribution in [2.45, 2.75) is 45.1 Å². The average Bonchev–Trinajstić information content (AvgIpc) is 1.99. The second-order valence-electron chi connectivity index (χ2n) is 4.03. The van der Waals surface area contributed by atoms with Crippen LogP contribution in [0.25, 0.3) is 0 Å². The number of rotatable bonds is 1. The zero-order chi connectivity index (χ0) is 9.35. The lowest BCUT2D eigenvalue weighted by atomic mass is 9.68. The minimum Gasteiger partial charge on any atom is -0.320 e. The largest absolute Gasteiger partial charge is 0.320 e. The number of hydrogen-bond donors (Lipinski definition) is 1. The molecule has 0 aliphatic heterocycles. The molecule has 0 amide bonds. The van der Waals surface area contributed by atoms with E-state index >= 15 is 0 Å². The van der Waals surface area contributed by atoms with Gasteiger partial charge in [-0.05, 0) is 24.7 Å². The van der Waals surface area contributed by atoms with Gasteiger partial charge < -0.3 is 5.73 Å². The van der Waals surface area contributed by atoms with Crippen LogP contribution >= 0.6 is 0 Å². The highest BCUT2D eigenvalue weighted by Crippen LogP contribution is 2.39. The first kappa shape index (κ1) is 9.90. The van der Waals surface area contributed by atoms with E-state index in [1.54, 1.807) is 0 Å². The van der Waals surface area contributed by atoms with E-state index in [2.05, 4.69) is 0 Å². The molecule has 2 atom stereocenters. The van der Waals surface area contributed by atoms with Crippen molar-refractivity contribution in [2.24, 2.45) is 17.6 Å². The maximum Gasteiger partial charge on any atom is 0.256 e. The molecule has 0 aromatic rings. The second-order valence-corrected chi connectivity index (χ2v) is 4.03. The van der Waals surface area contributed by atoms with Crippen LogP contribution in [0.2, 0.25) is 0 Å². The van der Waals surface area contributed by atoms with Crippen LogP contribution in [0.5, 0.6) is 0 Å². The summed E-state index contributed by atoms with van der Waals surface area (Å²) in [6, 6.07) is 0. The van der Waals surface area contributed by atoms with Crippen LogP contribution in [-0.4, -0.2) is 12.0 Å². The molecular formula is C9H17F2N. The summed E-state index contributed by atoms with van der Waals surface area (Å²) in [7, 11) is 0. The highest BCUT2D eigenvalue weighted by atomic mass is 19.3. The van der Waals surface area contributed by atoms with E-state index in [1.807, 2.05) is 13.8 Å². The molecule has 72 valence electrons. The van der Waals surface area contributed by atoms with E-state index in [0.717, 1.165) is 19.3 Å². The summed E-state index contributed by atoms with van der Waals surface area (Å²) in [5, 5.41) is 0. The standard InChI is InChI=1S/C9H17F2N/c1-6-4-3-5-7(2)9(6,12)8(10)11/h6-8H,3-5,12H2,1-2H3. The molecule has 0 heterocycles. The molecule has 1 saturated carbocycles. The van der Waals surface area contributed by atoms with E-state index in [9.17, 15) is 8.78 Å². The Morgan fingerprint density at radius 1 is 1.25 bits per heavy atom. The molecule has 1 aliphatic rings. The summed E-state index contributed by atoms with van der Waals surface area (Å²) >= 11 is 0. The zero-order valence-corrected chi connectivity index (χ0v) is 7.69. The topological polar surface area (TPSA) is 26.0 Å². The van der Waals surface area contributed by atoms with Crippen molar-refractivity contribution < 1.29 is 8.78 Å². The smallest absolute Gasteiger partial charge is 0.256 e. The minimum atomic E-state index is -2.39. The van der Waals surface area contributed by atoms with Gasteiger partial charge in [0.1, 0.15) is 0 Å². The molecule has 2 unspecified atom stereocenters. The van der Waals surface area contributed by atoms with Crippen molar-refractivity contribution in [3.8, 4) is 0 Å². The summed E-state index contributed by atoms with van der Waals surface area (Å²) in [6.45, 7) is 3.67. The Bertz CT molecular complexity index is 149. The SMILES string of the molecule is CC1CCCC(C)C1(N)C(F)F. The first-order valence-electron chi connectivity index (χ1n) is 4.56. The lowest BCUT2D eigenvalue weighted by molar-refractivity contribution is -0.0306. The maximum absolute atomic E-state index is 12.7. The molecule has 0 radical (unpaired) electrons. The minimum absolute atomic E-state index is 0.0544. The van der Waals surface area contributed by atoms with Crippen LogP contribution in [0.15, 0.2) is 0 Å². The van der Waals surface area contributed by atoms with Crippen molar-refractivity contribution in [3.63, 3.8) is 0 Å². The van der Waals surface area contributed by atoms with Crippen molar-refractivity contribution >= 4 is 0 Å². The van der Waals surface area contributed by atoms with Crippen LogP contribution in [0.4, 0.5) is 8.78 Å². The molecular weight excluding hydrogens is 160 g/mol. The molecule has 0 aromatic heterocycles. The molecule has 0 spiro atoms. The average molecular weight is 177 g/mol. The van der Waals surface area contributed by atoms with Crippen LogP contribution in [0.1, 0.15) is 33.1 Å². The fourth-order valence-corrected chi connectivity index (χ4v) is 2.15. The molecule has 0 saturated heterocycles. The van der Waals surface area contributed by atoms with Crippen LogP contribution < -0.4 is 5.73 Å². The van der Waals surface area contributed by atoms with Gasteiger partial charge in [-0.2, -0.15) is 0 Å². The van der Waals surface area contributed by atoms with E-state index < -0.39 is 12.0 Å². The first-order chi connectivity index (χ1) is 5.49. The third-order valence-electron chi connectivity index (χ3n) is 3.36. The monoisotopic (exact) mass is 177 g/mol. The Hall–Kier alpha value is -0.180. The van der Waals surface area contributed by atoms with Gasteiger partial charge in [-0.25, -0.2) is 8.78 Å². The maximum atomic E-state index is 12.7. The van der Waals surface area contributed by atoms with Gasteiger partial charge in [0.2, 0.25) is 0 Å². The second kappa shape index (κ2) is 3.29. The summed E-state index contributed by atoms with van der Waals surface area (Å²) in [6.07, 6.45) is 0.326. The molecule has 12 heavy (non-hydrogen) atoms. The van der Waals surface area contributed by atoms with Gasteiger partial charge in [-0.3, -0.25) is 0 Å². The zero-order valence-electron chi connectivity index (χ0n) is 7.69. The first-order valence-corrected chi connectivity index (χ1v) is 4.56. The van der Waals surface area contributed by atoms with E-state index in [1.165, 1.54) is 0 Å². The predicted molar refractivity (Wildman–Crippen MR) is 45.1 cm³/mol. The van der Waals surface area contributed by atoms with Crippen LogP contribution in [-0.2, 0) is 0 Å². The Morgan fingerprint density at radius 2 is 1.67 bits per heavy atom. The molecule has 3 heteroatoms. The lowest BCUT2D eigenvalue weighted by Gasteiger charge is -2.43. The van der Waals surface area contributed by atoms with Crippen LogP contribution in [0, 0.1) is 11.8 Å². The quantitative estimate of drug-likeness (QED) is 0.654. The Morgan fingerprint density at radius 3 is 1.92 bits per heavy atom. The third-order valence-corrected chi connectivity index (χ3v) is 3.36. The fourth-order valence-electron chi connectivity index (χ4n) is 2.15. The molecule has 2 N–H and O–H groups in total. The van der Waals surface area contributed by atoms with Gasteiger partial charge in [0.05, 0.1) is 5.54 Å². The predicted octanol–water partition coefficient (Wildman–Crippen LogP) is 2.41. The number of alkyl halides is 2. The Labute approximate surface area is 72.3 Å². The number of hydrogen-bond acceptors (Lipinski definition) is 1. The summed E-state index contributed by atoms with van der Waals surface area (Å²) in [5.74, 6) is -0.109. The van der Waals surface area contributed by atoms with E-state index in [-0.39, 0.29) is 11.8 Å². The number of nitrogens with two attached hydrogens (primary N) is 1. The molecule has 0 bridgehead atoms. The van der Waals surface area contributed by atoms with Crippen molar-refractivity contribution in [1.29, 1.82) is 0 Å². The van der Waals surface area contributed by atoms with Gasteiger partial charge >= 0.3 is 0 Å². The van der Waals surface area contributed by atoms with Crippen molar-refractivity contribution in [2.75, 3.05) is 0 Å². The highest BCUT2D eigenvalue weighted by molar-refractivity contribution is 4.98. The summed E-state index contributed by atoms with van der Waals surface area (Å²) < 4.78 is 25.4. The van der Waals surface area contributed by atoms with Gasteiger partial charge in [-0.15, -0.1) is 0 Å². The van der Waals surface area contributed by atoms with Crippen molar-refractivity contribution in [3.05, 3.63) is 0 Å². The molecule has 1 aliphatic carbocycles. The van der Waals surface area contributed by atoms with E-state index in [4.69, 9.17) is 5.73 Å². The summed E-state index contributed by atoms with van der Waals surface area (Å²) in [4.78, 5) is 0. The molecule has 0 aromatic carbocycles. The van der Waals surface area contributed by atoms with Gasteiger partial charge in [0, 0.05) is 0 Å². The fraction of sp³-hybridized carbons (Fsp3) is 1.00. The van der Waals surface area contributed by atoms with E-state index in [0.29, 0.717) is 0 Å². The normalized spacial score (nSPS) is 43.5. The highest BCUT2D eigenvalue weighted by Gasteiger charge is 2.47. The molecule has 1 nitrogen and oxygen atoms in total. The van der Waals surface area contributed by atoms with Crippen molar-refractivity contribution in [1.82, 2.24) is 0 Å².